The quantitative estimate of drug-likeness (QED) is 0.690. The Morgan fingerprint density at radius 3 is 2.88 bits per heavy atom. The van der Waals surface area contributed by atoms with E-state index in [2.05, 4.69) is 4.90 Å². The summed E-state index contributed by atoms with van der Waals surface area (Å²) in [6.07, 6.45) is 3.40. The lowest BCUT2D eigenvalue weighted by atomic mass is 9.62. The van der Waals surface area contributed by atoms with E-state index in [1.807, 2.05) is 6.07 Å². The number of benzene rings is 1. The van der Waals surface area contributed by atoms with Gasteiger partial charge >= 0.3 is 0 Å². The molecular formula is C20H25NO4S. The number of aliphatic hydroxyl groups is 1. The average Bonchev–Trinajstić information content (AvgIpc) is 3.35. The lowest BCUT2D eigenvalue weighted by molar-refractivity contribution is -0.137. The maximum Gasteiger partial charge on any atom is 0.174 e. The zero-order valence-corrected chi connectivity index (χ0v) is 15.6. The first-order valence-electron chi connectivity index (χ1n) is 9.65. The highest BCUT2D eigenvalue weighted by atomic mass is 32.1. The third-order valence-electron chi connectivity index (χ3n) is 6.77. The van der Waals surface area contributed by atoms with Gasteiger partial charge in [0.15, 0.2) is 23.4 Å². The fourth-order valence-corrected chi connectivity index (χ4v) is 5.61. The molecular weight excluding hydrogens is 350 g/mol. The number of thiol groups is 1. The second-order valence-corrected chi connectivity index (χ2v) is 8.98. The lowest BCUT2D eigenvalue weighted by Gasteiger charge is -2.45. The van der Waals surface area contributed by atoms with Crippen molar-refractivity contribution in [3.63, 3.8) is 0 Å². The Hall–Kier alpha value is -1.24. The fourth-order valence-electron chi connectivity index (χ4n) is 5.20. The van der Waals surface area contributed by atoms with Crippen LogP contribution in [0.15, 0.2) is 12.1 Å². The largest absolute Gasteiger partial charge is 0.504 e. The molecule has 0 radical (unpaired) electrons. The van der Waals surface area contributed by atoms with E-state index in [0.717, 1.165) is 36.6 Å². The third-order valence-corrected chi connectivity index (χ3v) is 7.28. The molecule has 2 N–H and O–H groups in total. The molecule has 2 aliphatic heterocycles. The van der Waals surface area contributed by atoms with Crippen molar-refractivity contribution in [3.8, 4) is 11.5 Å². The summed E-state index contributed by atoms with van der Waals surface area (Å²) in [6, 6.07) is 3.56. The van der Waals surface area contributed by atoms with Crippen molar-refractivity contribution in [3.05, 3.63) is 23.3 Å². The smallest absolute Gasteiger partial charge is 0.174 e. The van der Waals surface area contributed by atoms with Crippen LogP contribution in [0.5, 0.6) is 11.5 Å². The molecule has 2 heterocycles. The Balaban J connectivity index is 1.64. The van der Waals surface area contributed by atoms with Crippen LogP contribution < -0.4 is 4.74 Å². The molecule has 0 aromatic heterocycles. The minimum absolute atomic E-state index is 0.0357. The molecule has 4 atom stereocenters. The van der Waals surface area contributed by atoms with E-state index in [1.165, 1.54) is 12.8 Å². The first-order chi connectivity index (χ1) is 12.5. The molecule has 1 aromatic rings. The zero-order valence-electron chi connectivity index (χ0n) is 14.7. The van der Waals surface area contributed by atoms with E-state index < -0.39 is 17.6 Å². The molecule has 1 spiro atoms. The van der Waals surface area contributed by atoms with E-state index in [9.17, 15) is 15.0 Å². The van der Waals surface area contributed by atoms with Gasteiger partial charge in [0.05, 0.1) is 16.9 Å². The molecule has 0 bridgehead atoms. The molecule has 2 aliphatic carbocycles. The Labute approximate surface area is 158 Å². The van der Waals surface area contributed by atoms with Gasteiger partial charge in [-0.1, -0.05) is 6.07 Å². The van der Waals surface area contributed by atoms with Crippen LogP contribution in [0.2, 0.25) is 0 Å². The van der Waals surface area contributed by atoms with Gasteiger partial charge in [0.1, 0.15) is 0 Å². The first-order valence-corrected chi connectivity index (χ1v) is 10.2. The summed E-state index contributed by atoms with van der Waals surface area (Å²) in [6.45, 7) is 1.81. The number of ketones is 1. The van der Waals surface area contributed by atoms with Crippen molar-refractivity contribution in [2.24, 2.45) is 5.92 Å². The molecule has 1 aromatic carbocycles. The molecule has 1 unspecified atom stereocenters. The SMILES string of the molecule is O=C1CC[C@H](O)[C@@]23CCN(CC4CC4)[C@@H](S)Cc4ccc(O)c(c42)OC13. The number of aliphatic hydroxyl groups excluding tert-OH is 1. The van der Waals surface area contributed by atoms with Crippen LogP contribution in [0.1, 0.15) is 43.2 Å². The number of aromatic hydroxyl groups is 1. The molecule has 0 amide bonds. The second-order valence-electron chi connectivity index (χ2n) is 8.38. The summed E-state index contributed by atoms with van der Waals surface area (Å²) in [7, 11) is 0. The number of carbonyl (C=O) groups is 1. The minimum atomic E-state index is -0.742. The predicted molar refractivity (Wildman–Crippen MR) is 99.8 cm³/mol. The Morgan fingerprint density at radius 1 is 1.31 bits per heavy atom. The van der Waals surface area contributed by atoms with Crippen molar-refractivity contribution in [1.29, 1.82) is 0 Å². The minimum Gasteiger partial charge on any atom is -0.504 e. The topological polar surface area (TPSA) is 70.0 Å². The molecule has 26 heavy (non-hydrogen) atoms. The normalized spacial score (nSPS) is 36.7. The maximum absolute atomic E-state index is 12.7. The number of rotatable bonds is 2. The number of carbonyl (C=O) groups excluding carboxylic acids is 1. The van der Waals surface area contributed by atoms with Crippen molar-refractivity contribution in [2.75, 3.05) is 13.1 Å². The summed E-state index contributed by atoms with van der Waals surface area (Å²) in [5.41, 5.74) is 1.15. The Kier molecular flexibility index (Phi) is 3.82. The van der Waals surface area contributed by atoms with Crippen LogP contribution >= 0.6 is 12.6 Å². The van der Waals surface area contributed by atoms with E-state index in [-0.39, 0.29) is 16.9 Å². The summed E-state index contributed by atoms with van der Waals surface area (Å²) in [5, 5.41) is 21.5. The maximum atomic E-state index is 12.7. The lowest BCUT2D eigenvalue weighted by Crippen LogP contribution is -2.57. The van der Waals surface area contributed by atoms with Crippen LogP contribution in [0, 0.1) is 5.92 Å². The second kappa shape index (κ2) is 5.88. The predicted octanol–water partition coefficient (Wildman–Crippen LogP) is 2.03. The van der Waals surface area contributed by atoms with Gasteiger partial charge in [-0.25, -0.2) is 0 Å². The van der Waals surface area contributed by atoms with Crippen molar-refractivity contribution >= 4 is 18.4 Å². The molecule has 2 saturated carbocycles. The number of hydrogen-bond acceptors (Lipinski definition) is 6. The van der Waals surface area contributed by atoms with Gasteiger partial charge < -0.3 is 14.9 Å². The van der Waals surface area contributed by atoms with E-state index in [0.29, 0.717) is 25.0 Å². The van der Waals surface area contributed by atoms with Gasteiger partial charge in [0.2, 0.25) is 0 Å². The van der Waals surface area contributed by atoms with Crippen molar-refractivity contribution in [2.45, 2.75) is 61.5 Å². The fraction of sp³-hybridized carbons (Fsp3) is 0.650. The summed E-state index contributed by atoms with van der Waals surface area (Å²) < 4.78 is 6.01. The van der Waals surface area contributed by atoms with E-state index in [4.69, 9.17) is 17.4 Å². The number of phenols is 1. The van der Waals surface area contributed by atoms with Gasteiger partial charge in [0.25, 0.3) is 0 Å². The monoisotopic (exact) mass is 375 g/mol. The third kappa shape index (κ3) is 2.35. The Morgan fingerprint density at radius 2 is 2.12 bits per heavy atom. The highest BCUT2D eigenvalue weighted by Crippen LogP contribution is 2.56. The van der Waals surface area contributed by atoms with E-state index in [1.54, 1.807) is 6.07 Å². The molecule has 140 valence electrons. The molecule has 5 nitrogen and oxygen atoms in total. The van der Waals surface area contributed by atoms with Gasteiger partial charge in [-0.15, -0.1) is 0 Å². The summed E-state index contributed by atoms with van der Waals surface area (Å²) in [5.74, 6) is 1.25. The van der Waals surface area contributed by atoms with Crippen molar-refractivity contribution in [1.82, 2.24) is 4.90 Å². The number of nitrogens with zero attached hydrogens (tertiary/aromatic N) is 1. The van der Waals surface area contributed by atoms with Gasteiger partial charge in [-0.2, -0.15) is 12.6 Å². The molecule has 5 rings (SSSR count). The van der Waals surface area contributed by atoms with Crippen LogP contribution in [-0.2, 0) is 16.6 Å². The average molecular weight is 375 g/mol. The zero-order chi connectivity index (χ0) is 18.1. The first kappa shape index (κ1) is 16.9. The van der Waals surface area contributed by atoms with Crippen LogP contribution in [0.3, 0.4) is 0 Å². The van der Waals surface area contributed by atoms with Crippen LogP contribution in [-0.4, -0.2) is 51.6 Å². The highest BCUT2D eigenvalue weighted by Gasteiger charge is 2.60. The molecule has 6 heteroatoms. The van der Waals surface area contributed by atoms with Gasteiger partial charge in [0, 0.05) is 25.1 Å². The highest BCUT2D eigenvalue weighted by molar-refractivity contribution is 7.80. The van der Waals surface area contributed by atoms with Crippen molar-refractivity contribution < 1.29 is 19.7 Å². The number of phenolic OH excluding ortho intramolecular Hbond substituents is 1. The molecule has 0 saturated heterocycles. The standard InChI is InChI=1S/C20H25NO4S/c22-13-4-3-12-9-16(26)21(10-11-1-2-11)8-7-20-15(24)6-5-14(23)19(20)25-18(13)17(12)20/h3-4,11,15-16,19,22,24,26H,1-2,5-10H2/t15-,16-,19?,20-/m0/s1. The molecule has 4 aliphatic rings. The molecule has 2 fully saturated rings. The summed E-state index contributed by atoms with van der Waals surface area (Å²) in [4.78, 5) is 15.1. The van der Waals surface area contributed by atoms with Gasteiger partial charge in [-0.05, 0) is 49.7 Å². The summed E-state index contributed by atoms with van der Waals surface area (Å²) >= 11 is 4.86. The number of hydrogen-bond donors (Lipinski definition) is 3. The van der Waals surface area contributed by atoms with Crippen LogP contribution in [0.25, 0.3) is 0 Å². The Bertz CT molecular complexity index is 764. The van der Waals surface area contributed by atoms with Gasteiger partial charge in [-0.3, -0.25) is 9.69 Å². The number of ether oxygens (including phenoxy) is 1. The van der Waals surface area contributed by atoms with Crippen LogP contribution in [0.4, 0.5) is 0 Å². The van der Waals surface area contributed by atoms with E-state index >= 15 is 0 Å². The number of Topliss-reactive ketones (excluding diaryl/α,β-unsaturated/α-hetero) is 1.